The molecule has 1 aliphatic heterocycles. The first-order chi connectivity index (χ1) is 14.4. The van der Waals surface area contributed by atoms with Crippen molar-refractivity contribution in [3.8, 4) is 5.75 Å². The Morgan fingerprint density at radius 1 is 1.00 bits per heavy atom. The molecular formula is C22H25N5O3. The van der Waals surface area contributed by atoms with Gasteiger partial charge in [0.05, 0.1) is 22.7 Å². The molecule has 8 nitrogen and oxygen atoms in total. The van der Waals surface area contributed by atoms with Crippen molar-refractivity contribution < 1.29 is 14.7 Å². The number of fused-ring (bicyclic) bond motifs is 1. The highest BCUT2D eigenvalue weighted by Crippen LogP contribution is 2.23. The zero-order valence-electron chi connectivity index (χ0n) is 17.4. The number of aryl methyl sites for hydroxylation is 1. The lowest BCUT2D eigenvalue weighted by Gasteiger charge is -2.35. The van der Waals surface area contributed by atoms with Crippen molar-refractivity contribution in [1.29, 1.82) is 0 Å². The van der Waals surface area contributed by atoms with E-state index in [1.54, 1.807) is 40.3 Å². The van der Waals surface area contributed by atoms with Gasteiger partial charge in [-0.3, -0.25) is 9.59 Å². The third kappa shape index (κ3) is 3.49. The molecule has 2 amide bonds. The number of carbonyl (C=O) groups is 2. The van der Waals surface area contributed by atoms with E-state index >= 15 is 0 Å². The molecule has 4 rings (SSSR count). The van der Waals surface area contributed by atoms with E-state index in [1.165, 1.54) is 6.07 Å². The van der Waals surface area contributed by atoms with Crippen molar-refractivity contribution in [2.24, 2.45) is 0 Å². The fraction of sp³-hybridized carbons (Fsp3) is 0.364. The van der Waals surface area contributed by atoms with E-state index in [9.17, 15) is 14.7 Å². The van der Waals surface area contributed by atoms with Crippen LogP contribution in [0.2, 0.25) is 0 Å². The lowest BCUT2D eigenvalue weighted by atomic mass is 10.1. The average molecular weight is 407 g/mol. The number of carbonyl (C=O) groups excluding carboxylic acids is 2. The predicted octanol–water partition coefficient (Wildman–Crippen LogP) is 2.62. The first kappa shape index (κ1) is 19.9. The summed E-state index contributed by atoms with van der Waals surface area (Å²) in [5.74, 6) is -0.332. The van der Waals surface area contributed by atoms with Gasteiger partial charge in [-0.1, -0.05) is 12.1 Å². The van der Waals surface area contributed by atoms with Crippen LogP contribution >= 0.6 is 0 Å². The van der Waals surface area contributed by atoms with Gasteiger partial charge in [0, 0.05) is 37.9 Å². The summed E-state index contributed by atoms with van der Waals surface area (Å²) in [4.78, 5) is 34.0. The van der Waals surface area contributed by atoms with Crippen LogP contribution in [0.4, 0.5) is 0 Å². The molecule has 3 heterocycles. The maximum atomic E-state index is 13.3. The van der Waals surface area contributed by atoms with Crippen LogP contribution in [-0.2, 0) is 0 Å². The highest BCUT2D eigenvalue weighted by atomic mass is 16.3. The molecule has 1 N–H and O–H groups in total. The average Bonchev–Trinajstić information content (AvgIpc) is 3.16. The van der Waals surface area contributed by atoms with Gasteiger partial charge in [0.2, 0.25) is 0 Å². The summed E-state index contributed by atoms with van der Waals surface area (Å²) in [6, 6.07) is 8.46. The number of amides is 2. The summed E-state index contributed by atoms with van der Waals surface area (Å²) in [5, 5.41) is 15.1. The zero-order chi connectivity index (χ0) is 21.4. The molecule has 0 bridgehead atoms. The highest BCUT2D eigenvalue weighted by molar-refractivity contribution is 6.05. The van der Waals surface area contributed by atoms with Gasteiger partial charge in [-0.05, 0) is 39.0 Å². The summed E-state index contributed by atoms with van der Waals surface area (Å²) in [7, 11) is 0. The van der Waals surface area contributed by atoms with Crippen molar-refractivity contribution in [1.82, 2.24) is 24.6 Å². The zero-order valence-corrected chi connectivity index (χ0v) is 17.4. The van der Waals surface area contributed by atoms with Crippen molar-refractivity contribution in [3.05, 3.63) is 53.3 Å². The van der Waals surface area contributed by atoms with Gasteiger partial charge in [0.1, 0.15) is 5.75 Å². The molecule has 0 saturated carbocycles. The maximum absolute atomic E-state index is 13.3. The third-order valence-corrected chi connectivity index (χ3v) is 5.40. The molecule has 1 aromatic carbocycles. The Morgan fingerprint density at radius 3 is 2.20 bits per heavy atom. The fourth-order valence-corrected chi connectivity index (χ4v) is 3.81. The Labute approximate surface area is 174 Å². The number of hydrogen-bond acceptors (Lipinski definition) is 5. The molecular weight excluding hydrogens is 382 g/mol. The molecule has 156 valence electrons. The minimum Gasteiger partial charge on any atom is -0.507 e. The lowest BCUT2D eigenvalue weighted by Crippen LogP contribution is -2.50. The van der Waals surface area contributed by atoms with E-state index in [0.29, 0.717) is 37.4 Å². The summed E-state index contributed by atoms with van der Waals surface area (Å²) in [5.41, 5.74) is 2.35. The van der Waals surface area contributed by atoms with Crippen molar-refractivity contribution >= 4 is 22.8 Å². The molecule has 0 aliphatic carbocycles. The third-order valence-electron chi connectivity index (χ3n) is 5.40. The van der Waals surface area contributed by atoms with E-state index in [2.05, 4.69) is 10.1 Å². The van der Waals surface area contributed by atoms with Gasteiger partial charge in [0.15, 0.2) is 5.65 Å². The number of rotatable bonds is 3. The second-order valence-corrected chi connectivity index (χ2v) is 7.83. The van der Waals surface area contributed by atoms with Crippen LogP contribution < -0.4 is 0 Å². The molecule has 0 atom stereocenters. The lowest BCUT2D eigenvalue weighted by molar-refractivity contribution is 0.0534. The number of hydrogen-bond donors (Lipinski definition) is 1. The minimum absolute atomic E-state index is 0.0298. The normalized spacial score (nSPS) is 14.5. The SMILES string of the molecule is Cc1cc(C(=O)N2CCN(C(=O)c3ccccc3O)CC2)c2cnn(C(C)C)c2n1. The largest absolute Gasteiger partial charge is 0.507 e. The molecule has 1 saturated heterocycles. The number of nitrogens with zero attached hydrogens (tertiary/aromatic N) is 5. The standard InChI is InChI=1S/C22H25N5O3/c1-14(2)27-20-18(13-23-27)17(12-15(3)24-20)22(30)26-10-8-25(9-11-26)21(29)16-6-4-5-7-19(16)28/h4-7,12-14,28H,8-11H2,1-3H3. The number of phenols is 1. The molecule has 0 radical (unpaired) electrons. The number of aromatic nitrogens is 3. The Morgan fingerprint density at radius 2 is 1.60 bits per heavy atom. The van der Waals surface area contributed by atoms with E-state index < -0.39 is 0 Å². The molecule has 0 unspecified atom stereocenters. The highest BCUT2D eigenvalue weighted by Gasteiger charge is 2.28. The number of phenolic OH excluding ortho intramolecular Hbond substituents is 1. The molecule has 3 aromatic rings. The second kappa shape index (κ2) is 7.78. The summed E-state index contributed by atoms with van der Waals surface area (Å²) in [6.45, 7) is 7.61. The van der Waals surface area contributed by atoms with E-state index in [-0.39, 0.29) is 29.2 Å². The van der Waals surface area contributed by atoms with Crippen LogP contribution in [0.25, 0.3) is 11.0 Å². The topological polar surface area (TPSA) is 91.6 Å². The summed E-state index contributed by atoms with van der Waals surface area (Å²) >= 11 is 0. The molecule has 0 spiro atoms. The quantitative estimate of drug-likeness (QED) is 0.721. The Bertz CT molecular complexity index is 1110. The Kier molecular flexibility index (Phi) is 5.15. The predicted molar refractivity (Wildman–Crippen MR) is 113 cm³/mol. The van der Waals surface area contributed by atoms with Crippen LogP contribution in [0.3, 0.4) is 0 Å². The van der Waals surface area contributed by atoms with E-state index in [0.717, 1.165) is 11.1 Å². The van der Waals surface area contributed by atoms with Gasteiger partial charge in [-0.2, -0.15) is 5.10 Å². The summed E-state index contributed by atoms with van der Waals surface area (Å²) in [6.07, 6.45) is 1.70. The van der Waals surface area contributed by atoms with Crippen LogP contribution in [0.5, 0.6) is 5.75 Å². The number of piperazine rings is 1. The summed E-state index contributed by atoms with van der Waals surface area (Å²) < 4.78 is 1.82. The van der Waals surface area contributed by atoms with Gasteiger partial charge >= 0.3 is 0 Å². The van der Waals surface area contributed by atoms with Crippen LogP contribution in [0, 0.1) is 6.92 Å². The molecule has 8 heteroatoms. The Balaban J connectivity index is 1.53. The van der Waals surface area contributed by atoms with E-state index in [4.69, 9.17) is 0 Å². The van der Waals surface area contributed by atoms with E-state index in [1.807, 2.05) is 25.5 Å². The number of benzene rings is 1. The minimum atomic E-state index is -0.222. The molecule has 2 aromatic heterocycles. The maximum Gasteiger partial charge on any atom is 0.257 e. The van der Waals surface area contributed by atoms with Crippen molar-refractivity contribution in [2.75, 3.05) is 26.2 Å². The smallest absolute Gasteiger partial charge is 0.257 e. The Hall–Kier alpha value is -3.42. The molecule has 1 fully saturated rings. The van der Waals surface area contributed by atoms with Crippen LogP contribution in [0.15, 0.2) is 36.5 Å². The van der Waals surface area contributed by atoms with Crippen molar-refractivity contribution in [3.63, 3.8) is 0 Å². The first-order valence-electron chi connectivity index (χ1n) is 10.1. The second-order valence-electron chi connectivity index (χ2n) is 7.83. The monoisotopic (exact) mass is 407 g/mol. The number of aromatic hydroxyl groups is 1. The van der Waals surface area contributed by atoms with Crippen LogP contribution in [-0.4, -0.2) is 67.7 Å². The fourth-order valence-electron chi connectivity index (χ4n) is 3.81. The first-order valence-corrected chi connectivity index (χ1v) is 10.1. The van der Waals surface area contributed by atoms with Gasteiger partial charge in [0.25, 0.3) is 11.8 Å². The van der Waals surface area contributed by atoms with Gasteiger partial charge < -0.3 is 14.9 Å². The van der Waals surface area contributed by atoms with Gasteiger partial charge in [-0.25, -0.2) is 9.67 Å². The number of para-hydroxylation sites is 1. The van der Waals surface area contributed by atoms with Crippen molar-refractivity contribution in [2.45, 2.75) is 26.8 Å². The molecule has 1 aliphatic rings. The number of pyridine rings is 1. The van der Waals surface area contributed by atoms with Gasteiger partial charge in [-0.15, -0.1) is 0 Å². The van der Waals surface area contributed by atoms with Crippen LogP contribution in [0.1, 0.15) is 46.3 Å². The molecule has 30 heavy (non-hydrogen) atoms.